The number of nitrogens with zero attached hydrogens (tertiary/aromatic N) is 2. The summed E-state index contributed by atoms with van der Waals surface area (Å²) < 4.78 is 14.9. The van der Waals surface area contributed by atoms with Crippen LogP contribution in [0.15, 0.2) is 109 Å². The van der Waals surface area contributed by atoms with Gasteiger partial charge in [0.2, 0.25) is 0 Å². The Labute approximate surface area is 243 Å². The average molecular weight is 539 g/mol. The normalized spacial score (nSPS) is 18.6. The van der Waals surface area contributed by atoms with Gasteiger partial charge in [-0.2, -0.15) is 5.10 Å². The summed E-state index contributed by atoms with van der Waals surface area (Å²) in [6, 6.07) is 39.1. The SMILES string of the molecule is CC1(C)OB(Cc2cccc(-c3nn4c(c3-c3ccccc3)-c3ccccc3CC4c3ccccc3)c2)OC1(C)C. The molecule has 2 aliphatic heterocycles. The van der Waals surface area contributed by atoms with Crippen molar-refractivity contribution in [3.8, 4) is 33.6 Å². The first-order chi connectivity index (χ1) is 19.8. The Morgan fingerprint density at radius 2 is 1.39 bits per heavy atom. The van der Waals surface area contributed by atoms with Gasteiger partial charge in [0.05, 0.1) is 22.9 Å². The summed E-state index contributed by atoms with van der Waals surface area (Å²) in [5, 5.41) is 5.43. The topological polar surface area (TPSA) is 36.3 Å². The van der Waals surface area contributed by atoms with Gasteiger partial charge in [0.15, 0.2) is 0 Å². The van der Waals surface area contributed by atoms with Gasteiger partial charge in [-0.15, -0.1) is 0 Å². The van der Waals surface area contributed by atoms with E-state index in [0.29, 0.717) is 6.32 Å². The van der Waals surface area contributed by atoms with Gasteiger partial charge in [-0.1, -0.05) is 109 Å². The fourth-order valence-electron chi connectivity index (χ4n) is 6.24. The Balaban J connectivity index is 1.38. The van der Waals surface area contributed by atoms with E-state index in [2.05, 4.69) is 142 Å². The van der Waals surface area contributed by atoms with Gasteiger partial charge >= 0.3 is 7.12 Å². The maximum absolute atomic E-state index is 6.33. The molecule has 0 amide bonds. The number of benzene rings is 4. The fourth-order valence-corrected chi connectivity index (χ4v) is 6.24. The lowest BCUT2D eigenvalue weighted by Gasteiger charge is -2.32. The van der Waals surface area contributed by atoms with Crippen LogP contribution in [0.25, 0.3) is 33.6 Å². The maximum atomic E-state index is 6.33. The van der Waals surface area contributed by atoms with E-state index in [-0.39, 0.29) is 24.4 Å². The van der Waals surface area contributed by atoms with Gasteiger partial charge < -0.3 is 9.31 Å². The summed E-state index contributed by atoms with van der Waals surface area (Å²) in [6.07, 6.45) is 1.59. The molecule has 1 saturated heterocycles. The van der Waals surface area contributed by atoms with Crippen molar-refractivity contribution in [3.63, 3.8) is 0 Å². The maximum Gasteiger partial charge on any atom is 0.462 e. The van der Waals surface area contributed by atoms with Crippen molar-refractivity contribution in [2.75, 3.05) is 0 Å². The van der Waals surface area contributed by atoms with Crippen LogP contribution in [0.5, 0.6) is 0 Å². The van der Waals surface area contributed by atoms with Crippen LogP contribution in [-0.2, 0) is 22.0 Å². The number of hydrogen-bond acceptors (Lipinski definition) is 3. The third-order valence-corrected chi connectivity index (χ3v) is 9.04. The van der Waals surface area contributed by atoms with Crippen LogP contribution in [0, 0.1) is 0 Å². The van der Waals surface area contributed by atoms with Crippen molar-refractivity contribution in [3.05, 3.63) is 126 Å². The van der Waals surface area contributed by atoms with E-state index >= 15 is 0 Å². The third kappa shape index (κ3) is 4.54. The molecule has 3 heterocycles. The largest absolute Gasteiger partial charge is 0.462 e. The van der Waals surface area contributed by atoms with Gasteiger partial charge in [-0.3, -0.25) is 4.68 Å². The number of rotatable bonds is 5. The van der Waals surface area contributed by atoms with Crippen LogP contribution in [-0.4, -0.2) is 28.1 Å². The Bertz CT molecular complexity index is 1690. The van der Waals surface area contributed by atoms with E-state index in [1.165, 1.54) is 39.1 Å². The highest BCUT2D eigenvalue weighted by Gasteiger charge is 2.50. The first-order valence-corrected chi connectivity index (χ1v) is 14.6. The minimum absolute atomic E-state index is 0.116. The van der Waals surface area contributed by atoms with E-state index in [1.54, 1.807) is 0 Å². The zero-order valence-corrected chi connectivity index (χ0v) is 24.2. The first-order valence-electron chi connectivity index (χ1n) is 14.6. The molecule has 1 unspecified atom stereocenters. The Kier molecular flexibility index (Phi) is 6.26. The zero-order chi connectivity index (χ0) is 28.2. The predicted molar refractivity (Wildman–Crippen MR) is 167 cm³/mol. The number of hydrogen-bond donors (Lipinski definition) is 0. The zero-order valence-electron chi connectivity index (χ0n) is 24.2. The molecule has 0 saturated carbocycles. The molecule has 1 fully saturated rings. The molecule has 0 N–H and O–H groups in total. The van der Waals surface area contributed by atoms with E-state index in [1.807, 2.05) is 0 Å². The fraction of sp³-hybridized carbons (Fsp3) is 0.250. The Morgan fingerprint density at radius 3 is 2.12 bits per heavy atom. The molecule has 41 heavy (non-hydrogen) atoms. The minimum Gasteiger partial charge on any atom is -0.403 e. The van der Waals surface area contributed by atoms with Gasteiger partial charge in [-0.25, -0.2) is 0 Å². The number of fused-ring (bicyclic) bond motifs is 3. The monoisotopic (exact) mass is 538 g/mol. The van der Waals surface area contributed by atoms with Crippen LogP contribution in [0.4, 0.5) is 0 Å². The van der Waals surface area contributed by atoms with Crippen molar-refractivity contribution in [2.45, 2.75) is 57.7 Å². The standard InChI is InChI=1S/C36H35BN2O2/c1-35(2)36(3,4)41-37(40-35)24-25-14-13-20-29(22-25)33-32(27-17-9-6-10-18-27)34-30-21-12-11-19-28(30)23-31(39(34)38-33)26-15-7-5-8-16-26/h5-22,31H,23-24H2,1-4H3. The molecule has 0 spiro atoms. The number of aromatic nitrogens is 2. The van der Waals surface area contributed by atoms with Crippen LogP contribution < -0.4 is 0 Å². The molecule has 5 heteroatoms. The molecular formula is C36H35BN2O2. The highest BCUT2D eigenvalue weighted by atomic mass is 16.7. The van der Waals surface area contributed by atoms with Crippen molar-refractivity contribution in [2.24, 2.45) is 0 Å². The Hall–Kier alpha value is -3.93. The molecule has 7 rings (SSSR count). The van der Waals surface area contributed by atoms with Crippen LogP contribution in [0.3, 0.4) is 0 Å². The van der Waals surface area contributed by atoms with Crippen LogP contribution >= 0.6 is 0 Å². The molecule has 4 aromatic carbocycles. The van der Waals surface area contributed by atoms with E-state index in [4.69, 9.17) is 14.4 Å². The molecular weight excluding hydrogens is 503 g/mol. The lowest BCUT2D eigenvalue weighted by atomic mass is 9.80. The molecule has 0 bridgehead atoms. The molecule has 1 aromatic heterocycles. The molecule has 204 valence electrons. The summed E-state index contributed by atoms with van der Waals surface area (Å²) >= 11 is 0. The third-order valence-electron chi connectivity index (χ3n) is 9.04. The molecule has 4 nitrogen and oxygen atoms in total. The molecule has 0 aliphatic carbocycles. The quantitative estimate of drug-likeness (QED) is 0.212. The van der Waals surface area contributed by atoms with Crippen molar-refractivity contribution in [1.29, 1.82) is 0 Å². The second-order valence-corrected chi connectivity index (χ2v) is 12.3. The van der Waals surface area contributed by atoms with Crippen molar-refractivity contribution >= 4 is 7.12 Å². The summed E-state index contributed by atoms with van der Waals surface area (Å²) in [4.78, 5) is 0. The van der Waals surface area contributed by atoms with Crippen molar-refractivity contribution in [1.82, 2.24) is 9.78 Å². The van der Waals surface area contributed by atoms with Gasteiger partial charge in [0.25, 0.3) is 0 Å². The average Bonchev–Trinajstić information content (AvgIpc) is 3.47. The van der Waals surface area contributed by atoms with E-state index < -0.39 is 0 Å². The predicted octanol–water partition coefficient (Wildman–Crippen LogP) is 8.20. The van der Waals surface area contributed by atoms with Gasteiger partial charge in [0.1, 0.15) is 5.69 Å². The second kappa shape index (κ2) is 9.86. The Morgan fingerprint density at radius 1 is 0.756 bits per heavy atom. The summed E-state index contributed by atoms with van der Waals surface area (Å²) in [5.74, 6) is 0. The van der Waals surface area contributed by atoms with Crippen LogP contribution in [0.2, 0.25) is 0 Å². The van der Waals surface area contributed by atoms with Crippen molar-refractivity contribution < 1.29 is 9.31 Å². The highest BCUT2D eigenvalue weighted by molar-refractivity contribution is 6.45. The molecule has 2 aliphatic rings. The highest BCUT2D eigenvalue weighted by Crippen LogP contribution is 2.47. The van der Waals surface area contributed by atoms with E-state index in [0.717, 1.165) is 17.7 Å². The van der Waals surface area contributed by atoms with Crippen LogP contribution in [0.1, 0.15) is 50.4 Å². The molecule has 1 atom stereocenters. The smallest absolute Gasteiger partial charge is 0.403 e. The minimum atomic E-state index is -0.349. The lowest BCUT2D eigenvalue weighted by Crippen LogP contribution is -2.41. The summed E-state index contributed by atoms with van der Waals surface area (Å²) in [7, 11) is -0.284. The van der Waals surface area contributed by atoms with Gasteiger partial charge in [0, 0.05) is 23.0 Å². The first kappa shape index (κ1) is 26.0. The summed E-state index contributed by atoms with van der Waals surface area (Å²) in [6.45, 7) is 8.41. The van der Waals surface area contributed by atoms with E-state index in [9.17, 15) is 0 Å². The second-order valence-electron chi connectivity index (χ2n) is 12.3. The molecule has 5 aromatic rings. The summed E-state index contributed by atoms with van der Waals surface area (Å²) in [5.41, 5.74) is 9.98. The lowest BCUT2D eigenvalue weighted by molar-refractivity contribution is 0.00578. The molecule has 0 radical (unpaired) electrons. The van der Waals surface area contributed by atoms with Gasteiger partial charge in [-0.05, 0) is 56.4 Å².